The number of rotatable bonds is 9. The Morgan fingerprint density at radius 2 is 1.59 bits per heavy atom. The van der Waals surface area contributed by atoms with E-state index < -0.39 is 0 Å². The summed E-state index contributed by atoms with van der Waals surface area (Å²) in [6, 6.07) is 14.3. The Morgan fingerprint density at radius 1 is 0.963 bits per heavy atom. The van der Waals surface area contributed by atoms with E-state index in [0.29, 0.717) is 24.0 Å². The third kappa shape index (κ3) is 6.21. The molecule has 0 saturated heterocycles. The number of methoxy groups -OCH3 is 2. The van der Waals surface area contributed by atoms with Crippen molar-refractivity contribution >= 4 is 17.7 Å². The molecule has 0 aliphatic rings. The van der Waals surface area contributed by atoms with Gasteiger partial charge in [-0.3, -0.25) is 4.79 Å². The fourth-order valence-electron chi connectivity index (χ4n) is 2.62. The quantitative estimate of drug-likeness (QED) is 0.674. The van der Waals surface area contributed by atoms with Gasteiger partial charge in [-0.05, 0) is 41.7 Å². The summed E-state index contributed by atoms with van der Waals surface area (Å²) in [6.07, 6.45) is 0. The van der Waals surface area contributed by atoms with Crippen LogP contribution in [-0.2, 0) is 17.1 Å². The second kappa shape index (κ2) is 10.3. The van der Waals surface area contributed by atoms with Gasteiger partial charge in [-0.15, -0.1) is 11.8 Å². The summed E-state index contributed by atoms with van der Waals surface area (Å²) in [5.41, 5.74) is 3.55. The minimum absolute atomic E-state index is 0.0357. The third-order valence-corrected chi connectivity index (χ3v) is 5.64. The van der Waals surface area contributed by atoms with E-state index in [1.807, 2.05) is 25.1 Å². The Bertz CT molecular complexity index is 744. The fourth-order valence-corrected chi connectivity index (χ4v) is 3.49. The molecule has 0 heterocycles. The second-order valence-corrected chi connectivity index (χ2v) is 8.09. The van der Waals surface area contributed by atoms with Crippen LogP contribution >= 0.6 is 11.8 Å². The third-order valence-electron chi connectivity index (χ3n) is 4.43. The van der Waals surface area contributed by atoms with Gasteiger partial charge < -0.3 is 14.8 Å². The maximum absolute atomic E-state index is 12.4. The number of carbonyl (C=O) groups is 1. The van der Waals surface area contributed by atoms with Gasteiger partial charge in [0.1, 0.15) is 0 Å². The van der Waals surface area contributed by atoms with Crippen LogP contribution in [0.15, 0.2) is 42.5 Å². The maximum Gasteiger partial charge on any atom is 0.233 e. The zero-order valence-electron chi connectivity index (χ0n) is 16.7. The van der Waals surface area contributed by atoms with Gasteiger partial charge in [0.05, 0.1) is 19.5 Å². The first-order chi connectivity index (χ1) is 12.9. The molecule has 0 spiro atoms. The summed E-state index contributed by atoms with van der Waals surface area (Å²) in [6.45, 7) is 6.79. The van der Waals surface area contributed by atoms with Gasteiger partial charge in [0.2, 0.25) is 5.91 Å². The molecule has 0 bridgehead atoms. The monoisotopic (exact) mass is 387 g/mol. The molecule has 0 fully saturated rings. The second-order valence-electron chi connectivity index (χ2n) is 6.76. The number of ether oxygens (including phenoxy) is 2. The van der Waals surface area contributed by atoms with Crippen molar-refractivity contribution in [2.45, 2.75) is 44.2 Å². The minimum Gasteiger partial charge on any atom is -0.493 e. The van der Waals surface area contributed by atoms with Gasteiger partial charge in [0.25, 0.3) is 0 Å². The highest BCUT2D eigenvalue weighted by Crippen LogP contribution is 2.27. The lowest BCUT2D eigenvalue weighted by molar-refractivity contribution is -0.120. The van der Waals surface area contributed by atoms with Crippen LogP contribution in [0.25, 0.3) is 0 Å². The van der Waals surface area contributed by atoms with E-state index in [1.165, 1.54) is 11.1 Å². The van der Waals surface area contributed by atoms with E-state index in [2.05, 4.69) is 43.4 Å². The molecule has 2 aromatic carbocycles. The van der Waals surface area contributed by atoms with Crippen LogP contribution in [0, 0.1) is 0 Å². The van der Waals surface area contributed by atoms with Gasteiger partial charge in [-0.25, -0.2) is 0 Å². The lowest BCUT2D eigenvalue weighted by atomic mass is 10.0. The van der Waals surface area contributed by atoms with Crippen LogP contribution in [0.3, 0.4) is 0 Å². The lowest BCUT2D eigenvalue weighted by Gasteiger charge is -2.14. The van der Waals surface area contributed by atoms with Crippen LogP contribution in [0.2, 0.25) is 0 Å². The molecule has 1 atom stereocenters. The van der Waals surface area contributed by atoms with Crippen molar-refractivity contribution in [2.24, 2.45) is 0 Å². The van der Waals surface area contributed by atoms with Gasteiger partial charge in [0.15, 0.2) is 11.5 Å². The average Bonchev–Trinajstić information content (AvgIpc) is 2.70. The van der Waals surface area contributed by atoms with E-state index in [0.717, 1.165) is 11.3 Å². The SMILES string of the molecule is COc1ccc(CNC(=O)C(C)SCc2ccc(C(C)C)cc2)cc1OC. The molecule has 0 saturated carbocycles. The van der Waals surface area contributed by atoms with Crippen molar-refractivity contribution in [1.29, 1.82) is 0 Å². The zero-order valence-corrected chi connectivity index (χ0v) is 17.6. The maximum atomic E-state index is 12.4. The highest BCUT2D eigenvalue weighted by atomic mass is 32.2. The lowest BCUT2D eigenvalue weighted by Crippen LogP contribution is -2.30. The Labute approximate surface area is 166 Å². The van der Waals surface area contributed by atoms with Gasteiger partial charge >= 0.3 is 0 Å². The molecule has 1 N–H and O–H groups in total. The number of benzene rings is 2. The van der Waals surface area contributed by atoms with Crippen molar-refractivity contribution < 1.29 is 14.3 Å². The number of hydrogen-bond acceptors (Lipinski definition) is 4. The highest BCUT2D eigenvalue weighted by molar-refractivity contribution is 7.99. The van der Waals surface area contributed by atoms with Crippen molar-refractivity contribution in [1.82, 2.24) is 5.32 Å². The summed E-state index contributed by atoms with van der Waals surface area (Å²) in [5.74, 6) is 2.74. The van der Waals surface area contributed by atoms with Crippen LogP contribution < -0.4 is 14.8 Å². The topological polar surface area (TPSA) is 47.6 Å². The van der Waals surface area contributed by atoms with Crippen LogP contribution in [0.5, 0.6) is 11.5 Å². The Kier molecular flexibility index (Phi) is 8.04. The normalized spacial score (nSPS) is 11.9. The predicted octanol–water partition coefficient (Wildman–Crippen LogP) is 4.77. The van der Waals surface area contributed by atoms with Crippen LogP contribution in [-0.4, -0.2) is 25.4 Å². The van der Waals surface area contributed by atoms with Gasteiger partial charge in [-0.1, -0.05) is 44.2 Å². The number of thioether (sulfide) groups is 1. The Morgan fingerprint density at radius 3 is 2.19 bits per heavy atom. The highest BCUT2D eigenvalue weighted by Gasteiger charge is 2.14. The van der Waals surface area contributed by atoms with E-state index in [4.69, 9.17) is 9.47 Å². The summed E-state index contributed by atoms with van der Waals surface area (Å²) in [4.78, 5) is 12.4. The van der Waals surface area contributed by atoms with Gasteiger partial charge in [0, 0.05) is 12.3 Å². The van der Waals surface area contributed by atoms with E-state index >= 15 is 0 Å². The minimum atomic E-state index is -0.116. The molecule has 0 aromatic heterocycles. The first kappa shape index (κ1) is 21.2. The Hall–Kier alpha value is -2.14. The molecular weight excluding hydrogens is 358 g/mol. The molecule has 1 unspecified atom stereocenters. The average molecular weight is 388 g/mol. The molecule has 146 valence electrons. The van der Waals surface area contributed by atoms with E-state index in [-0.39, 0.29) is 11.2 Å². The van der Waals surface area contributed by atoms with Crippen molar-refractivity contribution in [3.05, 3.63) is 59.2 Å². The summed E-state index contributed by atoms with van der Waals surface area (Å²) >= 11 is 1.64. The molecule has 2 rings (SSSR count). The number of hydrogen-bond donors (Lipinski definition) is 1. The fraction of sp³-hybridized carbons (Fsp3) is 0.409. The molecule has 5 heteroatoms. The molecule has 0 radical (unpaired) electrons. The summed E-state index contributed by atoms with van der Waals surface area (Å²) in [7, 11) is 3.21. The van der Waals surface area contributed by atoms with Crippen LogP contribution in [0.1, 0.15) is 43.4 Å². The Balaban J connectivity index is 1.83. The summed E-state index contributed by atoms with van der Waals surface area (Å²) in [5, 5.41) is 2.88. The molecule has 27 heavy (non-hydrogen) atoms. The van der Waals surface area contributed by atoms with Gasteiger partial charge in [-0.2, -0.15) is 0 Å². The number of nitrogens with one attached hydrogen (secondary N) is 1. The molecule has 0 aliphatic carbocycles. The van der Waals surface area contributed by atoms with Crippen molar-refractivity contribution in [3.8, 4) is 11.5 Å². The molecule has 0 aliphatic heterocycles. The van der Waals surface area contributed by atoms with Crippen molar-refractivity contribution in [2.75, 3.05) is 14.2 Å². The molecule has 2 aromatic rings. The number of carbonyl (C=O) groups excluding carboxylic acids is 1. The molecular formula is C22H29NO3S. The van der Waals surface area contributed by atoms with E-state index in [1.54, 1.807) is 26.0 Å². The first-order valence-electron chi connectivity index (χ1n) is 9.13. The first-order valence-corrected chi connectivity index (χ1v) is 10.2. The number of amides is 1. The standard InChI is InChI=1S/C22H29NO3S/c1-15(2)19-9-6-17(7-10-19)14-27-16(3)22(24)23-13-18-8-11-20(25-4)21(12-18)26-5/h6-12,15-16H,13-14H2,1-5H3,(H,23,24). The zero-order chi connectivity index (χ0) is 19.8. The largest absolute Gasteiger partial charge is 0.493 e. The molecule has 1 amide bonds. The van der Waals surface area contributed by atoms with Crippen LogP contribution in [0.4, 0.5) is 0 Å². The molecule has 4 nitrogen and oxygen atoms in total. The summed E-state index contributed by atoms with van der Waals surface area (Å²) < 4.78 is 10.5. The predicted molar refractivity (Wildman–Crippen MR) is 113 cm³/mol. The van der Waals surface area contributed by atoms with E-state index in [9.17, 15) is 4.79 Å². The van der Waals surface area contributed by atoms with Crippen molar-refractivity contribution in [3.63, 3.8) is 0 Å². The smallest absolute Gasteiger partial charge is 0.233 e.